The van der Waals surface area contributed by atoms with Gasteiger partial charge in [-0.2, -0.15) is 0 Å². The lowest BCUT2D eigenvalue weighted by Gasteiger charge is -2.08. The molecule has 10 nitrogen and oxygen atoms in total. The molecule has 0 aliphatic carbocycles. The van der Waals surface area contributed by atoms with Crippen LogP contribution in [0.4, 0.5) is 0 Å². The number of unbranched alkanes of at least 4 members (excludes halogenated alkanes) is 4. The summed E-state index contributed by atoms with van der Waals surface area (Å²) in [5.74, 6) is 0.119. The molecule has 176 valence electrons. The van der Waals surface area contributed by atoms with Gasteiger partial charge in [0.15, 0.2) is 0 Å². The summed E-state index contributed by atoms with van der Waals surface area (Å²) in [7, 11) is 1.63. The minimum absolute atomic E-state index is 0.159. The first-order chi connectivity index (χ1) is 16.1. The molecule has 2 amide bonds. The van der Waals surface area contributed by atoms with Crippen molar-refractivity contribution in [3.8, 4) is 11.5 Å². The van der Waals surface area contributed by atoms with Crippen LogP contribution in [-0.4, -0.2) is 35.1 Å². The standard InChI is InChI=1S/C23H28N4O6/c1-31-17-10-12-18(13-11-17)32-15-6-4-2-3-5-9-20(28)25-26-21(29)16-27-19-8-7-14-24-22(19)33-23(27)30/h7-8,10-14H,2-6,9,15-16H2,1H3,(H,25,28)(H,26,29). The van der Waals surface area contributed by atoms with Crippen LogP contribution in [0.2, 0.25) is 0 Å². The molecule has 0 saturated carbocycles. The second kappa shape index (κ2) is 12.3. The summed E-state index contributed by atoms with van der Waals surface area (Å²) < 4.78 is 16.9. The van der Waals surface area contributed by atoms with E-state index in [1.807, 2.05) is 24.3 Å². The van der Waals surface area contributed by atoms with E-state index < -0.39 is 11.7 Å². The van der Waals surface area contributed by atoms with Gasteiger partial charge in [-0.15, -0.1) is 0 Å². The highest BCUT2D eigenvalue weighted by Gasteiger charge is 2.13. The maximum Gasteiger partial charge on any atom is 0.421 e. The van der Waals surface area contributed by atoms with Gasteiger partial charge < -0.3 is 13.9 Å². The van der Waals surface area contributed by atoms with Gasteiger partial charge in [-0.05, 0) is 49.2 Å². The van der Waals surface area contributed by atoms with Crippen molar-refractivity contribution < 1.29 is 23.5 Å². The van der Waals surface area contributed by atoms with E-state index in [4.69, 9.17) is 13.9 Å². The number of methoxy groups -OCH3 is 1. The van der Waals surface area contributed by atoms with Crippen LogP contribution in [0.5, 0.6) is 11.5 Å². The van der Waals surface area contributed by atoms with E-state index in [1.165, 1.54) is 6.20 Å². The van der Waals surface area contributed by atoms with Gasteiger partial charge in [-0.3, -0.25) is 25.0 Å². The number of hydrogen-bond donors (Lipinski definition) is 2. The number of benzene rings is 1. The number of rotatable bonds is 12. The molecule has 2 N–H and O–H groups in total. The second-order valence-corrected chi connectivity index (χ2v) is 7.42. The van der Waals surface area contributed by atoms with Crippen molar-refractivity contribution in [3.05, 3.63) is 53.1 Å². The maximum atomic E-state index is 12.1. The highest BCUT2D eigenvalue weighted by Crippen LogP contribution is 2.17. The van der Waals surface area contributed by atoms with Gasteiger partial charge in [0.25, 0.3) is 5.91 Å². The molecule has 0 unspecified atom stereocenters. The normalized spacial score (nSPS) is 10.7. The van der Waals surface area contributed by atoms with Gasteiger partial charge in [0.2, 0.25) is 11.6 Å². The number of hydrazine groups is 1. The Labute approximate surface area is 190 Å². The lowest BCUT2D eigenvalue weighted by Crippen LogP contribution is -2.43. The first-order valence-electron chi connectivity index (χ1n) is 10.9. The Bertz CT molecular complexity index is 1110. The molecular formula is C23H28N4O6. The Morgan fingerprint density at radius 3 is 2.45 bits per heavy atom. The number of hydrogen-bond acceptors (Lipinski definition) is 7. The number of oxazole rings is 1. The Morgan fingerprint density at radius 1 is 0.970 bits per heavy atom. The van der Waals surface area contributed by atoms with Crippen LogP contribution in [0.15, 0.2) is 51.8 Å². The average molecular weight is 456 g/mol. The molecule has 1 aromatic carbocycles. The summed E-state index contributed by atoms with van der Waals surface area (Å²) >= 11 is 0. The van der Waals surface area contributed by atoms with Crippen molar-refractivity contribution in [2.75, 3.05) is 13.7 Å². The van der Waals surface area contributed by atoms with Crippen LogP contribution < -0.4 is 26.1 Å². The molecule has 3 aromatic rings. The highest BCUT2D eigenvalue weighted by molar-refractivity contribution is 5.82. The first-order valence-corrected chi connectivity index (χ1v) is 10.9. The predicted molar refractivity (Wildman–Crippen MR) is 121 cm³/mol. The van der Waals surface area contributed by atoms with E-state index >= 15 is 0 Å². The summed E-state index contributed by atoms with van der Waals surface area (Å²) in [5, 5.41) is 0. The molecule has 0 radical (unpaired) electrons. The first kappa shape index (κ1) is 23.8. The lowest BCUT2D eigenvalue weighted by molar-refractivity contribution is -0.129. The van der Waals surface area contributed by atoms with Crippen LogP contribution in [-0.2, 0) is 16.1 Å². The molecular weight excluding hydrogens is 428 g/mol. The quantitative estimate of drug-likeness (QED) is 0.317. The van der Waals surface area contributed by atoms with Crippen molar-refractivity contribution in [3.63, 3.8) is 0 Å². The maximum absolute atomic E-state index is 12.1. The summed E-state index contributed by atoms with van der Waals surface area (Å²) in [5.41, 5.74) is 5.26. The lowest BCUT2D eigenvalue weighted by atomic mass is 10.1. The molecule has 33 heavy (non-hydrogen) atoms. The molecule has 0 fully saturated rings. The fourth-order valence-electron chi connectivity index (χ4n) is 3.22. The van der Waals surface area contributed by atoms with E-state index in [0.717, 1.165) is 48.2 Å². The van der Waals surface area contributed by atoms with E-state index in [2.05, 4.69) is 15.8 Å². The van der Waals surface area contributed by atoms with E-state index in [1.54, 1.807) is 19.2 Å². The summed E-state index contributed by atoms with van der Waals surface area (Å²) in [4.78, 5) is 39.8. The number of nitrogens with zero attached hydrogens (tertiary/aromatic N) is 2. The molecule has 0 aliphatic rings. The average Bonchev–Trinajstić information content (AvgIpc) is 3.14. The predicted octanol–water partition coefficient (Wildman–Crippen LogP) is 2.57. The van der Waals surface area contributed by atoms with Crippen LogP contribution in [0.1, 0.15) is 38.5 Å². The van der Waals surface area contributed by atoms with Crippen LogP contribution in [0, 0.1) is 0 Å². The SMILES string of the molecule is COc1ccc(OCCCCCCCC(=O)NNC(=O)Cn2c(=O)oc3ncccc32)cc1. The smallest absolute Gasteiger partial charge is 0.421 e. The van der Waals surface area contributed by atoms with E-state index in [0.29, 0.717) is 18.5 Å². The van der Waals surface area contributed by atoms with Crippen molar-refractivity contribution in [1.29, 1.82) is 0 Å². The van der Waals surface area contributed by atoms with E-state index in [9.17, 15) is 14.4 Å². The molecule has 2 heterocycles. The Kier molecular flexibility index (Phi) is 8.87. The fraction of sp³-hybridized carbons (Fsp3) is 0.391. The molecule has 0 atom stereocenters. The molecule has 3 rings (SSSR count). The van der Waals surface area contributed by atoms with Crippen molar-refractivity contribution >= 4 is 23.0 Å². The van der Waals surface area contributed by atoms with Gasteiger partial charge in [0, 0.05) is 12.6 Å². The highest BCUT2D eigenvalue weighted by atomic mass is 16.5. The topological polar surface area (TPSA) is 125 Å². The van der Waals surface area contributed by atoms with Gasteiger partial charge in [0.05, 0.1) is 13.7 Å². The number of amides is 2. The van der Waals surface area contributed by atoms with Gasteiger partial charge in [-0.25, -0.2) is 9.78 Å². The number of ether oxygens (including phenoxy) is 2. The summed E-state index contributed by atoms with van der Waals surface area (Å²) in [6.45, 7) is 0.361. The molecule has 10 heteroatoms. The van der Waals surface area contributed by atoms with Crippen molar-refractivity contribution in [2.24, 2.45) is 0 Å². The monoisotopic (exact) mass is 456 g/mol. The van der Waals surface area contributed by atoms with Crippen molar-refractivity contribution in [2.45, 2.75) is 45.1 Å². The zero-order valence-corrected chi connectivity index (χ0v) is 18.5. The van der Waals surface area contributed by atoms with Gasteiger partial charge >= 0.3 is 5.76 Å². The number of carbonyl (C=O) groups is 2. The van der Waals surface area contributed by atoms with Crippen molar-refractivity contribution in [1.82, 2.24) is 20.4 Å². The van der Waals surface area contributed by atoms with E-state index in [-0.39, 0.29) is 18.2 Å². The second-order valence-electron chi connectivity index (χ2n) is 7.42. The zero-order chi connectivity index (χ0) is 23.5. The largest absolute Gasteiger partial charge is 0.497 e. The Hall–Kier alpha value is -3.82. The van der Waals surface area contributed by atoms with Crippen LogP contribution in [0.3, 0.4) is 0 Å². The Balaban J connectivity index is 1.23. The number of fused-ring (bicyclic) bond motifs is 1. The third-order valence-corrected chi connectivity index (χ3v) is 4.97. The number of nitrogens with one attached hydrogen (secondary N) is 2. The molecule has 0 spiro atoms. The molecule has 0 aliphatic heterocycles. The fourth-order valence-corrected chi connectivity index (χ4v) is 3.22. The number of carbonyl (C=O) groups excluding carboxylic acids is 2. The molecule has 0 bridgehead atoms. The Morgan fingerprint density at radius 2 is 1.67 bits per heavy atom. The summed E-state index contributed by atoms with van der Waals surface area (Å²) in [6, 6.07) is 10.7. The summed E-state index contributed by atoms with van der Waals surface area (Å²) in [6.07, 6.45) is 6.37. The number of pyridine rings is 1. The van der Waals surface area contributed by atoms with Crippen LogP contribution >= 0.6 is 0 Å². The molecule has 2 aromatic heterocycles. The minimum Gasteiger partial charge on any atom is -0.497 e. The zero-order valence-electron chi connectivity index (χ0n) is 18.5. The third-order valence-electron chi connectivity index (χ3n) is 4.97. The molecule has 0 saturated heterocycles. The minimum atomic E-state index is -0.681. The number of aromatic nitrogens is 2. The van der Waals surface area contributed by atoms with Gasteiger partial charge in [0.1, 0.15) is 23.6 Å². The van der Waals surface area contributed by atoms with Crippen LogP contribution in [0.25, 0.3) is 11.2 Å². The third kappa shape index (κ3) is 7.37. The van der Waals surface area contributed by atoms with Gasteiger partial charge in [-0.1, -0.05) is 19.3 Å².